The molecule has 0 saturated carbocycles. The highest BCUT2D eigenvalue weighted by Crippen LogP contribution is 2.22. The summed E-state index contributed by atoms with van der Waals surface area (Å²) in [5, 5.41) is 2.88. The number of nitrogen functional groups attached to an aromatic ring is 1. The van der Waals surface area contributed by atoms with Gasteiger partial charge in [0.2, 0.25) is 5.91 Å². The summed E-state index contributed by atoms with van der Waals surface area (Å²) in [5.74, 6) is -0.0763. The topological polar surface area (TPSA) is 71.2 Å². The molecule has 0 spiro atoms. The highest BCUT2D eigenvalue weighted by molar-refractivity contribution is 5.96. The van der Waals surface area contributed by atoms with Gasteiger partial charge in [-0.1, -0.05) is 12.1 Å². The second-order valence-corrected chi connectivity index (χ2v) is 5.12. The molecule has 2 aromatic rings. The van der Waals surface area contributed by atoms with Gasteiger partial charge in [-0.05, 0) is 43.3 Å². The summed E-state index contributed by atoms with van der Waals surface area (Å²) in [5.41, 5.74) is 9.25. The standard InChI is InChI=1S/C16H20N4O/c1-12-4-3-5-14(17)16(12)19-15(21)11-20(2)10-13-6-8-18-9-7-13/h3-9H,10-11,17H2,1-2H3,(H,19,21). The van der Waals surface area contributed by atoms with Crippen molar-refractivity contribution in [1.29, 1.82) is 0 Å². The minimum Gasteiger partial charge on any atom is -0.397 e. The molecule has 0 aliphatic rings. The number of rotatable bonds is 5. The maximum absolute atomic E-state index is 12.1. The smallest absolute Gasteiger partial charge is 0.238 e. The van der Waals surface area contributed by atoms with Gasteiger partial charge in [-0.25, -0.2) is 0 Å². The Hall–Kier alpha value is -2.40. The first-order chi connectivity index (χ1) is 10.1. The van der Waals surface area contributed by atoms with Crippen molar-refractivity contribution in [3.05, 3.63) is 53.9 Å². The number of pyridine rings is 1. The largest absolute Gasteiger partial charge is 0.397 e. The van der Waals surface area contributed by atoms with E-state index in [-0.39, 0.29) is 5.91 Å². The summed E-state index contributed by atoms with van der Waals surface area (Å²) in [7, 11) is 1.90. The molecule has 21 heavy (non-hydrogen) atoms. The molecule has 0 aliphatic carbocycles. The molecule has 0 atom stereocenters. The molecule has 0 fully saturated rings. The SMILES string of the molecule is Cc1cccc(N)c1NC(=O)CN(C)Cc1ccncc1. The van der Waals surface area contributed by atoms with Gasteiger partial charge in [-0.2, -0.15) is 0 Å². The molecule has 110 valence electrons. The van der Waals surface area contributed by atoms with Gasteiger partial charge in [-0.15, -0.1) is 0 Å². The number of nitrogens with two attached hydrogens (primary N) is 1. The average Bonchev–Trinajstić information content (AvgIpc) is 2.44. The fraction of sp³-hybridized carbons (Fsp3) is 0.250. The Bertz CT molecular complexity index is 593. The van der Waals surface area contributed by atoms with E-state index in [1.807, 2.05) is 43.1 Å². The quantitative estimate of drug-likeness (QED) is 0.824. The molecule has 1 aromatic carbocycles. The van der Waals surface area contributed by atoms with E-state index in [4.69, 9.17) is 5.73 Å². The number of carbonyl (C=O) groups excluding carboxylic acids is 1. The van der Waals surface area contributed by atoms with Crippen LogP contribution in [-0.4, -0.2) is 29.4 Å². The number of nitrogens with one attached hydrogen (secondary N) is 1. The predicted molar refractivity (Wildman–Crippen MR) is 84.8 cm³/mol. The lowest BCUT2D eigenvalue weighted by Crippen LogP contribution is -2.30. The van der Waals surface area contributed by atoms with Crippen LogP contribution >= 0.6 is 0 Å². The van der Waals surface area contributed by atoms with Crippen LogP contribution in [0.4, 0.5) is 11.4 Å². The van der Waals surface area contributed by atoms with Gasteiger partial charge < -0.3 is 11.1 Å². The third-order valence-corrected chi connectivity index (χ3v) is 3.18. The van der Waals surface area contributed by atoms with Crippen LogP contribution in [0.5, 0.6) is 0 Å². The molecule has 2 rings (SSSR count). The average molecular weight is 284 g/mol. The van der Waals surface area contributed by atoms with Gasteiger partial charge >= 0.3 is 0 Å². The van der Waals surface area contributed by atoms with Crippen molar-refractivity contribution in [2.75, 3.05) is 24.6 Å². The van der Waals surface area contributed by atoms with Crippen LogP contribution in [0.25, 0.3) is 0 Å². The Morgan fingerprint density at radius 3 is 2.67 bits per heavy atom. The van der Waals surface area contributed by atoms with Crippen molar-refractivity contribution in [2.24, 2.45) is 0 Å². The van der Waals surface area contributed by atoms with E-state index >= 15 is 0 Å². The lowest BCUT2D eigenvalue weighted by atomic mass is 10.1. The first-order valence-electron chi connectivity index (χ1n) is 6.78. The summed E-state index contributed by atoms with van der Waals surface area (Å²) < 4.78 is 0. The molecule has 0 unspecified atom stereocenters. The van der Waals surface area contributed by atoms with E-state index < -0.39 is 0 Å². The van der Waals surface area contributed by atoms with Crippen molar-refractivity contribution in [1.82, 2.24) is 9.88 Å². The van der Waals surface area contributed by atoms with Crippen molar-refractivity contribution in [2.45, 2.75) is 13.5 Å². The van der Waals surface area contributed by atoms with Crippen molar-refractivity contribution in [3.8, 4) is 0 Å². The number of hydrogen-bond donors (Lipinski definition) is 2. The lowest BCUT2D eigenvalue weighted by Gasteiger charge is -2.17. The van der Waals surface area contributed by atoms with Gasteiger partial charge in [0.1, 0.15) is 0 Å². The highest BCUT2D eigenvalue weighted by atomic mass is 16.2. The number of likely N-dealkylation sites (N-methyl/N-ethyl adjacent to an activating group) is 1. The summed E-state index contributed by atoms with van der Waals surface area (Å²) >= 11 is 0. The zero-order valence-electron chi connectivity index (χ0n) is 12.3. The maximum Gasteiger partial charge on any atom is 0.238 e. The number of nitrogens with zero attached hydrogens (tertiary/aromatic N) is 2. The van der Waals surface area contributed by atoms with Crippen LogP contribution in [0, 0.1) is 6.92 Å². The second-order valence-electron chi connectivity index (χ2n) is 5.12. The Kier molecular flexibility index (Phi) is 4.90. The minimum absolute atomic E-state index is 0.0763. The van der Waals surface area contributed by atoms with E-state index in [1.165, 1.54) is 0 Å². The third-order valence-electron chi connectivity index (χ3n) is 3.18. The molecule has 0 radical (unpaired) electrons. The Labute approximate surface area is 124 Å². The number of carbonyl (C=O) groups is 1. The zero-order valence-corrected chi connectivity index (χ0v) is 12.3. The number of amides is 1. The van der Waals surface area contributed by atoms with Gasteiger partial charge in [-0.3, -0.25) is 14.7 Å². The van der Waals surface area contributed by atoms with Crippen molar-refractivity contribution >= 4 is 17.3 Å². The van der Waals surface area contributed by atoms with E-state index in [9.17, 15) is 4.79 Å². The maximum atomic E-state index is 12.1. The van der Waals surface area contributed by atoms with Gasteiger partial charge in [0.15, 0.2) is 0 Å². The molecule has 1 amide bonds. The van der Waals surface area contributed by atoms with Crippen molar-refractivity contribution < 1.29 is 4.79 Å². The van der Waals surface area contributed by atoms with Crippen LogP contribution in [0.2, 0.25) is 0 Å². The van der Waals surface area contributed by atoms with Gasteiger partial charge in [0.05, 0.1) is 17.9 Å². The Morgan fingerprint density at radius 1 is 1.29 bits per heavy atom. The summed E-state index contributed by atoms with van der Waals surface area (Å²) in [6.07, 6.45) is 3.49. The van der Waals surface area contributed by atoms with E-state index in [0.29, 0.717) is 24.5 Å². The normalized spacial score (nSPS) is 10.6. The van der Waals surface area contributed by atoms with E-state index in [2.05, 4.69) is 10.3 Å². The summed E-state index contributed by atoms with van der Waals surface area (Å²) in [6.45, 7) is 2.92. The fourth-order valence-corrected chi connectivity index (χ4v) is 2.14. The number of benzene rings is 1. The summed E-state index contributed by atoms with van der Waals surface area (Å²) in [4.78, 5) is 18.0. The molecule has 5 nitrogen and oxygen atoms in total. The number of aryl methyl sites for hydroxylation is 1. The van der Waals surface area contributed by atoms with Crippen LogP contribution in [0.3, 0.4) is 0 Å². The second kappa shape index (κ2) is 6.85. The zero-order chi connectivity index (χ0) is 15.2. The molecule has 3 N–H and O–H groups in total. The highest BCUT2D eigenvalue weighted by Gasteiger charge is 2.10. The first kappa shape index (κ1) is 15.0. The molecular formula is C16H20N4O. The Balaban J connectivity index is 1.92. The fourth-order valence-electron chi connectivity index (χ4n) is 2.14. The number of para-hydroxylation sites is 1. The Morgan fingerprint density at radius 2 is 2.00 bits per heavy atom. The molecule has 0 bridgehead atoms. The monoisotopic (exact) mass is 284 g/mol. The van der Waals surface area contributed by atoms with Crippen LogP contribution in [-0.2, 0) is 11.3 Å². The molecule has 0 aliphatic heterocycles. The van der Waals surface area contributed by atoms with Gasteiger partial charge in [0, 0.05) is 18.9 Å². The lowest BCUT2D eigenvalue weighted by molar-refractivity contribution is -0.117. The number of anilines is 2. The van der Waals surface area contributed by atoms with E-state index in [1.54, 1.807) is 18.5 Å². The van der Waals surface area contributed by atoms with Crippen molar-refractivity contribution in [3.63, 3.8) is 0 Å². The molecule has 5 heteroatoms. The van der Waals surface area contributed by atoms with E-state index in [0.717, 1.165) is 11.1 Å². The molecule has 0 saturated heterocycles. The summed E-state index contributed by atoms with van der Waals surface area (Å²) in [6, 6.07) is 9.45. The first-order valence-corrected chi connectivity index (χ1v) is 6.78. The molecular weight excluding hydrogens is 264 g/mol. The van der Waals surface area contributed by atoms with Crippen LogP contribution in [0.15, 0.2) is 42.7 Å². The molecule has 1 heterocycles. The number of hydrogen-bond acceptors (Lipinski definition) is 4. The van der Waals surface area contributed by atoms with Gasteiger partial charge in [0.25, 0.3) is 0 Å². The predicted octanol–water partition coefficient (Wildman–Crippen LogP) is 2.04. The van der Waals surface area contributed by atoms with Crippen LogP contribution in [0.1, 0.15) is 11.1 Å². The number of aromatic nitrogens is 1. The third kappa shape index (κ3) is 4.29. The molecule has 1 aromatic heterocycles. The minimum atomic E-state index is -0.0763. The van der Waals surface area contributed by atoms with Crippen LogP contribution < -0.4 is 11.1 Å².